The van der Waals surface area contributed by atoms with Crippen LogP contribution >= 0.6 is 0 Å². The monoisotopic (exact) mass is 352 g/mol. The van der Waals surface area contributed by atoms with Crippen LogP contribution in [0.4, 0.5) is 10.5 Å². The van der Waals surface area contributed by atoms with E-state index in [9.17, 15) is 9.59 Å². The average Bonchev–Trinajstić information content (AvgIpc) is 2.68. The smallest absolute Gasteiger partial charge is 0.319 e. The number of nitrogens with zero attached hydrogens (tertiary/aromatic N) is 2. The van der Waals surface area contributed by atoms with Crippen molar-refractivity contribution in [1.82, 2.24) is 15.2 Å². The van der Waals surface area contributed by atoms with Gasteiger partial charge in [0.15, 0.2) is 0 Å². The van der Waals surface area contributed by atoms with Crippen LogP contribution in [-0.2, 0) is 6.54 Å². The van der Waals surface area contributed by atoms with E-state index in [1.165, 1.54) is 0 Å². The van der Waals surface area contributed by atoms with Gasteiger partial charge in [0.05, 0.1) is 0 Å². The molecule has 0 atom stereocenters. The number of nitrogens with one attached hydrogen (secondary N) is 2. The summed E-state index contributed by atoms with van der Waals surface area (Å²) in [6.07, 6.45) is 5.52. The normalized spacial score (nSPS) is 14.7. The van der Waals surface area contributed by atoms with Crippen molar-refractivity contribution in [3.8, 4) is 0 Å². The summed E-state index contributed by atoms with van der Waals surface area (Å²) >= 11 is 0. The minimum absolute atomic E-state index is 0.0597. The summed E-state index contributed by atoms with van der Waals surface area (Å²) in [7, 11) is 0. The predicted octanol–water partition coefficient (Wildman–Crippen LogP) is 3.28. The third-order valence-electron chi connectivity index (χ3n) is 4.64. The van der Waals surface area contributed by atoms with Crippen molar-refractivity contribution in [2.45, 2.75) is 26.3 Å². The molecule has 6 heteroatoms. The number of amides is 3. The molecule has 2 aromatic rings. The highest BCUT2D eigenvalue weighted by Crippen LogP contribution is 2.19. The largest absolute Gasteiger partial charge is 0.339 e. The minimum Gasteiger partial charge on any atom is -0.339 e. The lowest BCUT2D eigenvalue weighted by atomic mass is 9.98. The van der Waals surface area contributed by atoms with Crippen LogP contribution in [0.2, 0.25) is 0 Å². The Morgan fingerprint density at radius 2 is 1.88 bits per heavy atom. The molecule has 136 valence electrons. The summed E-state index contributed by atoms with van der Waals surface area (Å²) in [5.74, 6) is 0.750. The molecular formula is C20H24N4O2. The standard InChI is InChI=1S/C20H24N4O2/c1-15-8-11-24(12-9-15)19(25)17-4-6-18(7-5-17)23-20(26)22-14-16-3-2-10-21-13-16/h2-7,10,13,15H,8-9,11-12,14H2,1H3,(H2,22,23,26). The molecule has 0 bridgehead atoms. The van der Waals surface area contributed by atoms with E-state index in [-0.39, 0.29) is 11.9 Å². The minimum atomic E-state index is -0.294. The Labute approximate surface area is 153 Å². The summed E-state index contributed by atoms with van der Waals surface area (Å²) in [6.45, 7) is 4.26. The maximum absolute atomic E-state index is 12.5. The Balaban J connectivity index is 1.51. The van der Waals surface area contributed by atoms with Gasteiger partial charge in [-0.1, -0.05) is 13.0 Å². The Bertz CT molecular complexity index is 738. The van der Waals surface area contributed by atoms with E-state index in [1.807, 2.05) is 17.0 Å². The number of urea groups is 1. The maximum Gasteiger partial charge on any atom is 0.319 e. The molecule has 26 heavy (non-hydrogen) atoms. The van der Waals surface area contributed by atoms with E-state index in [1.54, 1.807) is 36.7 Å². The first-order valence-electron chi connectivity index (χ1n) is 8.95. The van der Waals surface area contributed by atoms with Gasteiger partial charge in [0, 0.05) is 43.3 Å². The van der Waals surface area contributed by atoms with Crippen molar-refractivity contribution in [2.75, 3.05) is 18.4 Å². The van der Waals surface area contributed by atoms with Crippen LogP contribution in [0.15, 0.2) is 48.8 Å². The number of hydrogen-bond donors (Lipinski definition) is 2. The highest BCUT2D eigenvalue weighted by Gasteiger charge is 2.21. The van der Waals surface area contributed by atoms with E-state index < -0.39 is 0 Å². The highest BCUT2D eigenvalue weighted by atomic mass is 16.2. The summed E-state index contributed by atoms with van der Waals surface area (Å²) < 4.78 is 0. The third kappa shape index (κ3) is 4.81. The number of likely N-dealkylation sites (tertiary alicyclic amines) is 1. The van der Waals surface area contributed by atoms with Gasteiger partial charge in [-0.3, -0.25) is 9.78 Å². The first-order chi connectivity index (χ1) is 12.6. The molecule has 0 radical (unpaired) electrons. The summed E-state index contributed by atoms with van der Waals surface area (Å²) in [5.41, 5.74) is 2.23. The highest BCUT2D eigenvalue weighted by molar-refractivity contribution is 5.95. The van der Waals surface area contributed by atoms with E-state index in [4.69, 9.17) is 0 Å². The molecule has 0 spiro atoms. The van der Waals surface area contributed by atoms with Crippen molar-refractivity contribution in [3.05, 3.63) is 59.9 Å². The zero-order valence-electron chi connectivity index (χ0n) is 14.9. The molecule has 0 unspecified atom stereocenters. The Morgan fingerprint density at radius 1 is 1.15 bits per heavy atom. The van der Waals surface area contributed by atoms with Gasteiger partial charge in [-0.2, -0.15) is 0 Å². The SMILES string of the molecule is CC1CCN(C(=O)c2ccc(NC(=O)NCc3cccnc3)cc2)CC1. The van der Waals surface area contributed by atoms with Crippen LogP contribution in [0.3, 0.4) is 0 Å². The Kier molecular flexibility index (Phi) is 5.84. The summed E-state index contributed by atoms with van der Waals surface area (Å²) in [4.78, 5) is 30.4. The third-order valence-corrected chi connectivity index (χ3v) is 4.64. The van der Waals surface area contributed by atoms with Crippen molar-refractivity contribution >= 4 is 17.6 Å². The van der Waals surface area contributed by atoms with Gasteiger partial charge in [-0.25, -0.2) is 4.79 Å². The van der Waals surface area contributed by atoms with E-state index in [0.29, 0.717) is 23.7 Å². The quantitative estimate of drug-likeness (QED) is 0.887. The molecule has 2 N–H and O–H groups in total. The zero-order chi connectivity index (χ0) is 18.4. The van der Waals surface area contributed by atoms with Crippen molar-refractivity contribution in [2.24, 2.45) is 5.92 Å². The lowest BCUT2D eigenvalue weighted by Gasteiger charge is -2.30. The summed E-state index contributed by atoms with van der Waals surface area (Å²) in [6, 6.07) is 10.5. The molecule has 3 rings (SSSR count). The van der Waals surface area contributed by atoms with Gasteiger partial charge >= 0.3 is 6.03 Å². The second-order valence-electron chi connectivity index (χ2n) is 6.72. The molecule has 0 aliphatic carbocycles. The molecule has 2 heterocycles. The maximum atomic E-state index is 12.5. The number of hydrogen-bond acceptors (Lipinski definition) is 3. The number of rotatable bonds is 4. The molecule has 1 aromatic carbocycles. The molecular weight excluding hydrogens is 328 g/mol. The number of benzene rings is 1. The van der Waals surface area contributed by atoms with Crippen LogP contribution in [0, 0.1) is 5.92 Å². The number of pyridine rings is 1. The molecule has 1 saturated heterocycles. The van der Waals surface area contributed by atoms with Crippen LogP contribution < -0.4 is 10.6 Å². The number of carbonyl (C=O) groups excluding carboxylic acids is 2. The van der Waals surface area contributed by atoms with Gasteiger partial charge < -0.3 is 15.5 Å². The van der Waals surface area contributed by atoms with Gasteiger partial charge in [-0.05, 0) is 54.7 Å². The summed E-state index contributed by atoms with van der Waals surface area (Å²) in [5, 5.41) is 5.54. The fourth-order valence-corrected chi connectivity index (χ4v) is 2.95. The number of piperidine rings is 1. The second-order valence-corrected chi connectivity index (χ2v) is 6.72. The number of anilines is 1. The lowest BCUT2D eigenvalue weighted by Crippen LogP contribution is -2.37. The van der Waals surface area contributed by atoms with E-state index >= 15 is 0 Å². The number of aromatic nitrogens is 1. The van der Waals surface area contributed by atoms with Gasteiger partial charge in [-0.15, -0.1) is 0 Å². The van der Waals surface area contributed by atoms with Crippen molar-refractivity contribution in [1.29, 1.82) is 0 Å². The van der Waals surface area contributed by atoms with Crippen LogP contribution in [0.25, 0.3) is 0 Å². The molecule has 1 fully saturated rings. The zero-order valence-corrected chi connectivity index (χ0v) is 14.9. The fraction of sp³-hybridized carbons (Fsp3) is 0.350. The molecule has 1 aliphatic rings. The van der Waals surface area contributed by atoms with Crippen LogP contribution in [0.1, 0.15) is 35.7 Å². The molecule has 6 nitrogen and oxygen atoms in total. The van der Waals surface area contributed by atoms with Crippen LogP contribution in [-0.4, -0.2) is 34.9 Å². The molecule has 0 saturated carbocycles. The average molecular weight is 352 g/mol. The molecule has 1 aliphatic heterocycles. The first kappa shape index (κ1) is 17.9. The number of carbonyl (C=O) groups is 2. The van der Waals surface area contributed by atoms with E-state index in [0.717, 1.165) is 31.5 Å². The predicted molar refractivity (Wildman–Crippen MR) is 101 cm³/mol. The second kappa shape index (κ2) is 8.47. The Morgan fingerprint density at radius 3 is 2.54 bits per heavy atom. The fourth-order valence-electron chi connectivity index (χ4n) is 2.95. The Hall–Kier alpha value is -2.89. The van der Waals surface area contributed by atoms with Crippen LogP contribution in [0.5, 0.6) is 0 Å². The van der Waals surface area contributed by atoms with Crippen molar-refractivity contribution in [3.63, 3.8) is 0 Å². The molecule has 3 amide bonds. The van der Waals surface area contributed by atoms with Gasteiger partial charge in [0.25, 0.3) is 5.91 Å². The van der Waals surface area contributed by atoms with Gasteiger partial charge in [0.2, 0.25) is 0 Å². The van der Waals surface area contributed by atoms with Gasteiger partial charge in [0.1, 0.15) is 0 Å². The van der Waals surface area contributed by atoms with Crippen molar-refractivity contribution < 1.29 is 9.59 Å². The topological polar surface area (TPSA) is 74.3 Å². The van der Waals surface area contributed by atoms with E-state index in [2.05, 4.69) is 22.5 Å². The molecule has 1 aromatic heterocycles. The first-order valence-corrected chi connectivity index (χ1v) is 8.95. The lowest BCUT2D eigenvalue weighted by molar-refractivity contribution is 0.0697.